The molecule has 1 amide bonds. The molecule has 0 unspecified atom stereocenters. The monoisotopic (exact) mass is 287 g/mol. The first kappa shape index (κ1) is 15.6. The summed E-state index contributed by atoms with van der Waals surface area (Å²) in [5, 5.41) is 0.0168. The van der Waals surface area contributed by atoms with Crippen LogP contribution >= 0.6 is 11.6 Å². The van der Waals surface area contributed by atoms with Crippen molar-refractivity contribution in [3.05, 3.63) is 23.1 Å². The van der Waals surface area contributed by atoms with Gasteiger partial charge in [-0.1, -0.05) is 0 Å². The van der Waals surface area contributed by atoms with Gasteiger partial charge in [-0.3, -0.25) is 9.59 Å². The van der Waals surface area contributed by atoms with Gasteiger partial charge in [0.25, 0.3) is 5.91 Å². The van der Waals surface area contributed by atoms with Crippen molar-refractivity contribution < 1.29 is 18.7 Å². The number of halogens is 1. The van der Waals surface area contributed by atoms with E-state index in [1.807, 2.05) is 20.8 Å². The van der Waals surface area contributed by atoms with Gasteiger partial charge in [-0.2, -0.15) is 0 Å². The van der Waals surface area contributed by atoms with Crippen LogP contribution in [0.5, 0.6) is 0 Å². The van der Waals surface area contributed by atoms with E-state index in [1.165, 1.54) is 17.2 Å². The second-order valence-electron chi connectivity index (χ2n) is 4.98. The SMILES string of the molecule is CCOC(=O)CN(C(=O)c1ccoc1Cl)C(C)(C)C. The average molecular weight is 288 g/mol. The van der Waals surface area contributed by atoms with Gasteiger partial charge < -0.3 is 14.1 Å². The molecule has 0 aromatic carbocycles. The van der Waals surface area contributed by atoms with Gasteiger partial charge in [0.1, 0.15) is 6.54 Å². The minimum absolute atomic E-state index is 0.0168. The van der Waals surface area contributed by atoms with E-state index >= 15 is 0 Å². The van der Waals surface area contributed by atoms with E-state index in [0.29, 0.717) is 0 Å². The van der Waals surface area contributed by atoms with Gasteiger partial charge in [0.05, 0.1) is 18.4 Å². The molecule has 0 spiro atoms. The van der Waals surface area contributed by atoms with Gasteiger partial charge in [-0.05, 0) is 45.4 Å². The molecule has 0 radical (unpaired) electrons. The molecule has 0 atom stereocenters. The summed E-state index contributed by atoms with van der Waals surface area (Å²) in [7, 11) is 0. The van der Waals surface area contributed by atoms with E-state index in [-0.39, 0.29) is 29.8 Å². The third-order valence-electron chi connectivity index (χ3n) is 2.50. The van der Waals surface area contributed by atoms with Crippen LogP contribution in [0.4, 0.5) is 0 Å². The molecule has 1 aromatic rings. The Bertz CT molecular complexity index is 461. The Kier molecular flexibility index (Phi) is 5.00. The van der Waals surface area contributed by atoms with Crippen LogP contribution in [0.1, 0.15) is 38.1 Å². The smallest absolute Gasteiger partial charge is 0.325 e. The lowest BCUT2D eigenvalue weighted by atomic mass is 10.0. The number of carbonyl (C=O) groups is 2. The van der Waals surface area contributed by atoms with E-state index in [9.17, 15) is 9.59 Å². The molecular weight excluding hydrogens is 270 g/mol. The molecule has 19 heavy (non-hydrogen) atoms. The molecule has 0 N–H and O–H groups in total. The molecule has 1 rings (SSSR count). The lowest BCUT2D eigenvalue weighted by Crippen LogP contribution is -2.48. The van der Waals surface area contributed by atoms with Gasteiger partial charge >= 0.3 is 5.97 Å². The van der Waals surface area contributed by atoms with Crippen molar-refractivity contribution in [3.63, 3.8) is 0 Å². The van der Waals surface area contributed by atoms with Gasteiger partial charge in [0.15, 0.2) is 0 Å². The van der Waals surface area contributed by atoms with Crippen molar-refractivity contribution in [3.8, 4) is 0 Å². The molecule has 6 heteroatoms. The van der Waals surface area contributed by atoms with Crippen LogP contribution in [0, 0.1) is 0 Å². The Morgan fingerprint density at radius 3 is 2.47 bits per heavy atom. The Morgan fingerprint density at radius 1 is 1.42 bits per heavy atom. The van der Waals surface area contributed by atoms with Crippen molar-refractivity contribution in [2.24, 2.45) is 0 Å². The van der Waals surface area contributed by atoms with Crippen LogP contribution in [-0.2, 0) is 9.53 Å². The van der Waals surface area contributed by atoms with Crippen LogP contribution in [0.3, 0.4) is 0 Å². The van der Waals surface area contributed by atoms with E-state index in [1.54, 1.807) is 6.92 Å². The predicted octanol–water partition coefficient (Wildman–Crippen LogP) is 2.74. The highest BCUT2D eigenvalue weighted by molar-refractivity contribution is 6.32. The fourth-order valence-corrected chi connectivity index (χ4v) is 1.74. The van der Waals surface area contributed by atoms with Crippen molar-refractivity contribution in [1.82, 2.24) is 4.90 Å². The van der Waals surface area contributed by atoms with Crippen LogP contribution in [0.15, 0.2) is 16.7 Å². The van der Waals surface area contributed by atoms with E-state index in [2.05, 4.69) is 0 Å². The summed E-state index contributed by atoms with van der Waals surface area (Å²) in [5.41, 5.74) is -0.300. The van der Waals surface area contributed by atoms with Gasteiger partial charge in [-0.15, -0.1) is 0 Å². The topological polar surface area (TPSA) is 59.8 Å². The highest BCUT2D eigenvalue weighted by atomic mass is 35.5. The standard InChI is InChI=1S/C13H18ClNO4/c1-5-18-10(16)8-15(13(2,3)4)12(17)9-6-7-19-11(9)14/h6-7H,5,8H2,1-4H3. The summed E-state index contributed by atoms with van der Waals surface area (Å²) in [6.45, 7) is 7.36. The highest BCUT2D eigenvalue weighted by Crippen LogP contribution is 2.23. The summed E-state index contributed by atoms with van der Waals surface area (Å²) in [6, 6.07) is 1.48. The minimum Gasteiger partial charge on any atom is -0.465 e. The minimum atomic E-state index is -0.537. The molecule has 5 nitrogen and oxygen atoms in total. The van der Waals surface area contributed by atoms with Gasteiger partial charge in [0, 0.05) is 5.54 Å². The summed E-state index contributed by atoms with van der Waals surface area (Å²) in [4.78, 5) is 25.4. The maximum absolute atomic E-state index is 12.4. The first-order chi connectivity index (χ1) is 8.77. The molecule has 0 saturated heterocycles. The molecule has 106 valence electrons. The zero-order valence-electron chi connectivity index (χ0n) is 11.5. The fraction of sp³-hybridized carbons (Fsp3) is 0.538. The van der Waals surface area contributed by atoms with Gasteiger partial charge in [-0.25, -0.2) is 0 Å². The molecule has 0 fully saturated rings. The number of ether oxygens (including phenoxy) is 1. The third kappa shape index (κ3) is 3.99. The number of hydrogen-bond donors (Lipinski definition) is 0. The third-order valence-corrected chi connectivity index (χ3v) is 2.79. The van der Waals surface area contributed by atoms with Crippen molar-refractivity contribution in [1.29, 1.82) is 0 Å². The number of hydrogen-bond acceptors (Lipinski definition) is 4. The number of furan rings is 1. The van der Waals surface area contributed by atoms with Crippen molar-refractivity contribution in [2.75, 3.05) is 13.2 Å². The van der Waals surface area contributed by atoms with Crippen LogP contribution in [-0.4, -0.2) is 35.5 Å². The maximum atomic E-state index is 12.4. The highest BCUT2D eigenvalue weighted by Gasteiger charge is 2.31. The van der Waals surface area contributed by atoms with E-state index < -0.39 is 11.5 Å². The summed E-state index contributed by atoms with van der Waals surface area (Å²) in [6.07, 6.45) is 1.33. The second kappa shape index (κ2) is 6.10. The molecule has 0 saturated carbocycles. The van der Waals surface area contributed by atoms with E-state index in [0.717, 1.165) is 0 Å². The zero-order valence-corrected chi connectivity index (χ0v) is 12.3. The Morgan fingerprint density at radius 2 is 2.05 bits per heavy atom. The Hall–Kier alpha value is -1.49. The average Bonchev–Trinajstić information content (AvgIpc) is 2.70. The summed E-state index contributed by atoms with van der Waals surface area (Å²) in [5.74, 6) is -0.815. The number of carbonyl (C=O) groups excluding carboxylic acids is 2. The molecule has 0 bridgehead atoms. The van der Waals surface area contributed by atoms with Crippen LogP contribution < -0.4 is 0 Å². The summed E-state index contributed by atoms with van der Waals surface area (Å²) < 4.78 is 9.78. The summed E-state index contributed by atoms with van der Waals surface area (Å²) >= 11 is 5.80. The maximum Gasteiger partial charge on any atom is 0.325 e. The van der Waals surface area contributed by atoms with Crippen molar-refractivity contribution in [2.45, 2.75) is 33.2 Å². The lowest BCUT2D eigenvalue weighted by Gasteiger charge is -2.34. The molecule has 0 aliphatic rings. The first-order valence-corrected chi connectivity index (χ1v) is 6.35. The molecular formula is C13H18ClNO4. The normalized spacial score (nSPS) is 11.2. The number of amides is 1. The molecule has 0 aliphatic carbocycles. The number of rotatable bonds is 4. The Labute approximate surface area is 117 Å². The molecule has 1 heterocycles. The number of nitrogens with zero attached hydrogens (tertiary/aromatic N) is 1. The molecule has 1 aromatic heterocycles. The quantitative estimate of drug-likeness (QED) is 0.799. The Balaban J connectivity index is 2.96. The van der Waals surface area contributed by atoms with E-state index in [4.69, 9.17) is 20.8 Å². The first-order valence-electron chi connectivity index (χ1n) is 5.98. The van der Waals surface area contributed by atoms with Crippen LogP contribution in [0.25, 0.3) is 0 Å². The lowest BCUT2D eigenvalue weighted by molar-refractivity contribution is -0.144. The number of esters is 1. The van der Waals surface area contributed by atoms with Gasteiger partial charge in [0.2, 0.25) is 5.22 Å². The fourth-order valence-electron chi connectivity index (χ4n) is 1.54. The zero-order chi connectivity index (χ0) is 14.6. The largest absolute Gasteiger partial charge is 0.465 e. The van der Waals surface area contributed by atoms with Crippen LogP contribution in [0.2, 0.25) is 5.22 Å². The predicted molar refractivity (Wildman–Crippen MR) is 71.1 cm³/mol. The van der Waals surface area contributed by atoms with Crippen molar-refractivity contribution >= 4 is 23.5 Å². The second-order valence-corrected chi connectivity index (χ2v) is 5.32. The molecule has 0 aliphatic heterocycles.